The number of fused-ring (bicyclic) bond motifs is 2. The van der Waals surface area contributed by atoms with Gasteiger partial charge in [-0.15, -0.1) is 0 Å². The Balaban J connectivity index is 1.80. The van der Waals surface area contributed by atoms with Crippen molar-refractivity contribution in [2.24, 2.45) is 5.92 Å². The summed E-state index contributed by atoms with van der Waals surface area (Å²) in [4.78, 5) is 0. The van der Waals surface area contributed by atoms with E-state index in [4.69, 9.17) is 0 Å². The van der Waals surface area contributed by atoms with E-state index in [9.17, 15) is 4.21 Å². The van der Waals surface area contributed by atoms with Crippen LogP contribution in [0.25, 0.3) is 6.08 Å². The van der Waals surface area contributed by atoms with E-state index in [-0.39, 0.29) is 5.25 Å². The summed E-state index contributed by atoms with van der Waals surface area (Å²) in [6.45, 7) is 0. The largest absolute Gasteiger partial charge is 0.258 e. The standard InChI is InChI=1S/C15H16OS/c16-17-14-9-7-13(8-10-14)15(17)11-6-12-4-2-1-3-5-12/h1-7,9,11,13-15H,8,10H2/b11-6+/t13-,14+,15?,17?/m1/s1. The van der Waals surface area contributed by atoms with E-state index in [1.165, 1.54) is 12.0 Å². The molecule has 2 aliphatic heterocycles. The Morgan fingerprint density at radius 2 is 1.94 bits per heavy atom. The second-order valence-corrected chi connectivity index (χ2v) is 6.53. The molecule has 0 N–H and O–H groups in total. The van der Waals surface area contributed by atoms with Crippen molar-refractivity contribution in [3.63, 3.8) is 0 Å². The molecule has 4 rings (SSSR count). The van der Waals surface area contributed by atoms with Crippen LogP contribution in [0, 0.1) is 5.92 Å². The molecule has 0 spiro atoms. The van der Waals surface area contributed by atoms with Gasteiger partial charge in [0.1, 0.15) is 0 Å². The fourth-order valence-electron chi connectivity index (χ4n) is 2.65. The normalized spacial score (nSPS) is 35.5. The van der Waals surface area contributed by atoms with Crippen LogP contribution in [-0.2, 0) is 10.8 Å². The summed E-state index contributed by atoms with van der Waals surface area (Å²) in [5, 5.41) is 0.518. The fourth-order valence-corrected chi connectivity index (χ4v) is 4.47. The molecule has 1 aromatic carbocycles. The maximum absolute atomic E-state index is 12.2. The van der Waals surface area contributed by atoms with Gasteiger partial charge in [0.05, 0.1) is 10.5 Å². The molecular formula is C15H16OS. The molecule has 4 atom stereocenters. The molecule has 1 aromatic rings. The smallest absolute Gasteiger partial charge is 0.0599 e. The second-order valence-electron chi connectivity index (χ2n) is 4.73. The lowest BCUT2D eigenvalue weighted by atomic mass is 9.91. The van der Waals surface area contributed by atoms with Gasteiger partial charge < -0.3 is 0 Å². The van der Waals surface area contributed by atoms with Crippen molar-refractivity contribution in [2.45, 2.75) is 23.3 Å². The van der Waals surface area contributed by atoms with Crippen LogP contribution in [-0.4, -0.2) is 14.7 Å². The van der Waals surface area contributed by atoms with Gasteiger partial charge in [-0.1, -0.05) is 54.6 Å². The topological polar surface area (TPSA) is 17.1 Å². The molecule has 17 heavy (non-hydrogen) atoms. The molecule has 2 heterocycles. The highest BCUT2D eigenvalue weighted by molar-refractivity contribution is 7.86. The first-order valence-electron chi connectivity index (χ1n) is 6.15. The Labute approximate surface area is 105 Å². The summed E-state index contributed by atoms with van der Waals surface area (Å²) in [6, 6.07) is 10.2. The Hall–Kier alpha value is -1.15. The molecular weight excluding hydrogens is 228 g/mol. The Bertz CT molecular complexity index is 475. The lowest BCUT2D eigenvalue weighted by Crippen LogP contribution is -2.38. The van der Waals surface area contributed by atoms with Crippen LogP contribution >= 0.6 is 0 Å². The zero-order valence-electron chi connectivity index (χ0n) is 9.66. The van der Waals surface area contributed by atoms with Crippen LogP contribution in [0.3, 0.4) is 0 Å². The molecule has 0 saturated carbocycles. The van der Waals surface area contributed by atoms with Gasteiger partial charge in [0, 0.05) is 10.8 Å². The lowest BCUT2D eigenvalue weighted by molar-refractivity contribution is 0.512. The van der Waals surface area contributed by atoms with E-state index in [1.807, 2.05) is 18.2 Å². The minimum atomic E-state index is -0.713. The summed E-state index contributed by atoms with van der Waals surface area (Å²) in [5.74, 6) is 0.487. The van der Waals surface area contributed by atoms with E-state index >= 15 is 0 Å². The predicted octanol–water partition coefficient (Wildman–Crippen LogP) is 3.17. The van der Waals surface area contributed by atoms with Crippen LogP contribution in [0.2, 0.25) is 0 Å². The van der Waals surface area contributed by atoms with Crippen molar-refractivity contribution in [3.05, 3.63) is 54.1 Å². The van der Waals surface area contributed by atoms with Gasteiger partial charge in [0.2, 0.25) is 0 Å². The highest BCUT2D eigenvalue weighted by atomic mass is 32.2. The van der Waals surface area contributed by atoms with Gasteiger partial charge in [-0.2, -0.15) is 0 Å². The maximum Gasteiger partial charge on any atom is 0.0599 e. The second kappa shape index (κ2) is 4.61. The third kappa shape index (κ3) is 2.14. The fraction of sp³-hybridized carbons (Fsp3) is 0.333. The Kier molecular flexibility index (Phi) is 2.98. The van der Waals surface area contributed by atoms with Gasteiger partial charge in [0.25, 0.3) is 0 Å². The number of hydrogen-bond donors (Lipinski definition) is 0. The van der Waals surface area contributed by atoms with Crippen molar-refractivity contribution >= 4 is 16.9 Å². The van der Waals surface area contributed by atoms with Crippen LogP contribution in [0.1, 0.15) is 18.4 Å². The van der Waals surface area contributed by atoms with Crippen molar-refractivity contribution in [2.75, 3.05) is 0 Å². The van der Waals surface area contributed by atoms with Gasteiger partial charge in [0.15, 0.2) is 0 Å². The molecule has 3 aliphatic rings. The molecule has 1 saturated heterocycles. The van der Waals surface area contributed by atoms with E-state index in [0.29, 0.717) is 11.2 Å². The summed E-state index contributed by atoms with van der Waals surface area (Å²) >= 11 is 0. The maximum atomic E-state index is 12.2. The molecule has 88 valence electrons. The number of allylic oxidation sites excluding steroid dienone is 1. The first-order valence-corrected chi connectivity index (χ1v) is 7.43. The van der Waals surface area contributed by atoms with E-state index < -0.39 is 10.8 Å². The monoisotopic (exact) mass is 244 g/mol. The SMILES string of the molecule is O=S1C(/C=C/c2ccccc2)[C@@H]2C=C[C@H]1CC2. The predicted molar refractivity (Wildman–Crippen MR) is 73.1 cm³/mol. The minimum absolute atomic E-state index is 0.221. The molecule has 2 bridgehead atoms. The highest BCUT2D eigenvalue weighted by Crippen LogP contribution is 2.35. The third-order valence-corrected chi connectivity index (χ3v) is 5.66. The lowest BCUT2D eigenvalue weighted by Gasteiger charge is -2.35. The quantitative estimate of drug-likeness (QED) is 0.730. The van der Waals surface area contributed by atoms with Gasteiger partial charge in [-0.05, 0) is 24.3 Å². The van der Waals surface area contributed by atoms with Crippen molar-refractivity contribution < 1.29 is 4.21 Å². The number of benzene rings is 1. The zero-order chi connectivity index (χ0) is 11.7. The zero-order valence-corrected chi connectivity index (χ0v) is 10.5. The first kappa shape index (κ1) is 11.0. The van der Waals surface area contributed by atoms with Crippen molar-refractivity contribution in [1.82, 2.24) is 0 Å². The molecule has 2 unspecified atom stereocenters. The van der Waals surface area contributed by atoms with Crippen LogP contribution < -0.4 is 0 Å². The summed E-state index contributed by atoms with van der Waals surface area (Å²) in [6.07, 6.45) is 11.0. The minimum Gasteiger partial charge on any atom is -0.258 e. The molecule has 1 nitrogen and oxygen atoms in total. The molecule has 2 heteroatoms. The van der Waals surface area contributed by atoms with Crippen LogP contribution in [0.5, 0.6) is 0 Å². The molecule has 1 fully saturated rings. The average Bonchev–Trinajstić information content (AvgIpc) is 2.40. The van der Waals surface area contributed by atoms with Crippen LogP contribution in [0.15, 0.2) is 48.6 Å². The molecule has 0 amide bonds. The highest BCUT2D eigenvalue weighted by Gasteiger charge is 2.36. The number of rotatable bonds is 2. The summed E-state index contributed by atoms with van der Waals surface area (Å²) in [7, 11) is -0.713. The number of hydrogen-bond acceptors (Lipinski definition) is 1. The third-order valence-electron chi connectivity index (χ3n) is 3.62. The van der Waals surface area contributed by atoms with E-state index in [0.717, 1.165) is 6.42 Å². The van der Waals surface area contributed by atoms with Gasteiger partial charge >= 0.3 is 0 Å². The van der Waals surface area contributed by atoms with E-state index in [2.05, 4.69) is 36.4 Å². The molecule has 1 aliphatic carbocycles. The molecule has 0 aromatic heterocycles. The first-order chi connectivity index (χ1) is 8.34. The summed E-state index contributed by atoms with van der Waals surface area (Å²) < 4.78 is 12.2. The van der Waals surface area contributed by atoms with Crippen molar-refractivity contribution in [1.29, 1.82) is 0 Å². The van der Waals surface area contributed by atoms with E-state index in [1.54, 1.807) is 0 Å². The summed E-state index contributed by atoms with van der Waals surface area (Å²) in [5.41, 5.74) is 1.19. The Morgan fingerprint density at radius 3 is 2.59 bits per heavy atom. The van der Waals surface area contributed by atoms with Crippen molar-refractivity contribution in [3.8, 4) is 0 Å². The van der Waals surface area contributed by atoms with Gasteiger partial charge in [-0.3, -0.25) is 4.21 Å². The average molecular weight is 244 g/mol. The van der Waals surface area contributed by atoms with Gasteiger partial charge in [-0.25, -0.2) is 0 Å². The molecule has 0 radical (unpaired) electrons. The Morgan fingerprint density at radius 1 is 1.12 bits per heavy atom. The van der Waals surface area contributed by atoms with Crippen LogP contribution in [0.4, 0.5) is 0 Å².